The smallest absolute Gasteiger partial charge is 0.381 e. The van der Waals surface area contributed by atoms with Gasteiger partial charge < -0.3 is 9.47 Å². The lowest BCUT2D eigenvalue weighted by Crippen LogP contribution is -2.28. The highest BCUT2D eigenvalue weighted by atomic mass is 19.3. The number of alkyl halides is 2. The first-order valence-corrected chi connectivity index (χ1v) is 6.86. The molecule has 0 saturated heterocycles. The number of ether oxygens (including phenoxy) is 2. The zero-order chi connectivity index (χ0) is 16.0. The molecule has 0 spiro atoms. The number of benzene rings is 2. The second-order valence-electron chi connectivity index (χ2n) is 4.59. The predicted molar refractivity (Wildman–Crippen MR) is 77.7 cm³/mol. The molecule has 22 heavy (non-hydrogen) atoms. The Kier molecular flexibility index (Phi) is 5.09. The molecular weight excluding hydrogens is 290 g/mol. The molecule has 116 valence electrons. The summed E-state index contributed by atoms with van der Waals surface area (Å²) < 4.78 is 37.5. The van der Waals surface area contributed by atoms with Crippen LogP contribution in [0.25, 0.3) is 0 Å². The summed E-state index contributed by atoms with van der Waals surface area (Å²) >= 11 is 0. The van der Waals surface area contributed by atoms with Crippen LogP contribution in [0.2, 0.25) is 0 Å². The normalized spacial score (nSPS) is 11.0. The molecule has 0 aliphatic carbocycles. The summed E-state index contributed by atoms with van der Waals surface area (Å²) in [6, 6.07) is 14.6. The van der Waals surface area contributed by atoms with E-state index in [9.17, 15) is 13.6 Å². The van der Waals surface area contributed by atoms with Gasteiger partial charge in [-0.3, -0.25) is 0 Å². The zero-order valence-corrected chi connectivity index (χ0v) is 12.1. The minimum absolute atomic E-state index is 0.0906. The van der Waals surface area contributed by atoms with Crippen molar-refractivity contribution in [2.45, 2.75) is 19.5 Å². The van der Waals surface area contributed by atoms with E-state index in [2.05, 4.69) is 4.74 Å². The Labute approximate surface area is 127 Å². The molecule has 0 heterocycles. The highest BCUT2D eigenvalue weighted by molar-refractivity contribution is 5.79. The molecule has 0 aromatic heterocycles. The lowest BCUT2D eigenvalue weighted by atomic mass is 10.1. The van der Waals surface area contributed by atoms with Gasteiger partial charge in [-0.2, -0.15) is 8.78 Å². The number of hydrogen-bond donors (Lipinski definition) is 0. The summed E-state index contributed by atoms with van der Waals surface area (Å²) in [5.74, 6) is -4.76. The maximum Gasteiger partial charge on any atom is 0.381 e. The van der Waals surface area contributed by atoms with E-state index in [-0.39, 0.29) is 6.61 Å². The molecule has 0 aliphatic heterocycles. The zero-order valence-electron chi connectivity index (χ0n) is 12.1. The van der Waals surface area contributed by atoms with Crippen molar-refractivity contribution in [3.63, 3.8) is 0 Å². The summed E-state index contributed by atoms with van der Waals surface area (Å²) in [6.45, 7) is 1.73. The van der Waals surface area contributed by atoms with Crippen LogP contribution in [0.3, 0.4) is 0 Å². The number of halogens is 2. The molecule has 0 N–H and O–H groups in total. The van der Waals surface area contributed by atoms with E-state index in [1.807, 2.05) is 30.3 Å². The third kappa shape index (κ3) is 3.81. The summed E-state index contributed by atoms with van der Waals surface area (Å²) in [7, 11) is 0. The fourth-order valence-electron chi connectivity index (χ4n) is 1.84. The molecule has 2 aromatic rings. The fraction of sp³-hybridized carbons (Fsp3) is 0.235. The van der Waals surface area contributed by atoms with Crippen LogP contribution >= 0.6 is 0 Å². The van der Waals surface area contributed by atoms with Gasteiger partial charge in [-0.15, -0.1) is 0 Å². The standard InChI is InChI=1S/C17H16F2O3/c1-2-21-16(20)17(18,19)14-8-10-15(11-9-14)22-12-13-6-4-3-5-7-13/h3-11H,2,12H2,1H3. The minimum atomic E-state index is -3.66. The van der Waals surface area contributed by atoms with Crippen molar-refractivity contribution in [2.24, 2.45) is 0 Å². The third-order valence-electron chi connectivity index (χ3n) is 3.00. The molecule has 0 unspecified atom stereocenters. The van der Waals surface area contributed by atoms with Crippen LogP contribution in [0, 0.1) is 0 Å². The van der Waals surface area contributed by atoms with E-state index < -0.39 is 17.5 Å². The number of esters is 1. The molecule has 0 aliphatic rings. The van der Waals surface area contributed by atoms with Crippen LogP contribution in [0.4, 0.5) is 8.78 Å². The Balaban J connectivity index is 2.02. The Hall–Kier alpha value is -2.43. The Morgan fingerprint density at radius 3 is 2.27 bits per heavy atom. The SMILES string of the molecule is CCOC(=O)C(F)(F)c1ccc(OCc2ccccc2)cc1. The van der Waals surface area contributed by atoms with Gasteiger partial charge >= 0.3 is 11.9 Å². The lowest BCUT2D eigenvalue weighted by molar-refractivity contribution is -0.173. The van der Waals surface area contributed by atoms with Gasteiger partial charge in [0, 0.05) is 5.56 Å². The Morgan fingerprint density at radius 1 is 1.05 bits per heavy atom. The molecule has 2 rings (SSSR count). The lowest BCUT2D eigenvalue weighted by Gasteiger charge is -2.15. The predicted octanol–water partition coefficient (Wildman–Crippen LogP) is 3.92. The molecule has 0 saturated carbocycles. The average molecular weight is 306 g/mol. The first kappa shape index (κ1) is 15.9. The maximum absolute atomic E-state index is 13.8. The number of rotatable bonds is 6. The summed E-state index contributed by atoms with van der Waals surface area (Å²) in [6.07, 6.45) is 0. The van der Waals surface area contributed by atoms with Gasteiger partial charge in [-0.05, 0) is 36.8 Å². The summed E-state index contributed by atoms with van der Waals surface area (Å²) in [4.78, 5) is 11.3. The van der Waals surface area contributed by atoms with Crippen molar-refractivity contribution in [1.29, 1.82) is 0 Å². The van der Waals surface area contributed by atoms with Crippen LogP contribution in [0.5, 0.6) is 5.75 Å². The number of hydrogen-bond acceptors (Lipinski definition) is 3. The topological polar surface area (TPSA) is 35.5 Å². The van der Waals surface area contributed by atoms with Crippen molar-refractivity contribution in [2.75, 3.05) is 6.61 Å². The van der Waals surface area contributed by atoms with E-state index in [0.29, 0.717) is 12.4 Å². The molecule has 3 nitrogen and oxygen atoms in total. The second kappa shape index (κ2) is 7.02. The molecule has 0 amide bonds. The van der Waals surface area contributed by atoms with Gasteiger partial charge in [0.25, 0.3) is 0 Å². The highest BCUT2D eigenvalue weighted by Crippen LogP contribution is 2.30. The third-order valence-corrected chi connectivity index (χ3v) is 3.00. The second-order valence-corrected chi connectivity index (χ2v) is 4.59. The average Bonchev–Trinajstić information content (AvgIpc) is 2.54. The van der Waals surface area contributed by atoms with Gasteiger partial charge in [0.15, 0.2) is 0 Å². The Morgan fingerprint density at radius 2 is 1.68 bits per heavy atom. The van der Waals surface area contributed by atoms with Gasteiger partial charge in [0.05, 0.1) is 6.61 Å². The molecule has 5 heteroatoms. The van der Waals surface area contributed by atoms with Crippen LogP contribution < -0.4 is 4.74 Å². The fourth-order valence-corrected chi connectivity index (χ4v) is 1.84. The quantitative estimate of drug-likeness (QED) is 0.759. The first-order valence-electron chi connectivity index (χ1n) is 6.86. The van der Waals surface area contributed by atoms with E-state index >= 15 is 0 Å². The molecule has 0 fully saturated rings. The van der Waals surface area contributed by atoms with E-state index in [1.165, 1.54) is 19.1 Å². The van der Waals surface area contributed by atoms with Gasteiger partial charge in [0.1, 0.15) is 12.4 Å². The highest BCUT2D eigenvalue weighted by Gasteiger charge is 2.42. The van der Waals surface area contributed by atoms with Crippen molar-refractivity contribution in [3.8, 4) is 5.75 Å². The van der Waals surface area contributed by atoms with Crippen molar-refractivity contribution in [1.82, 2.24) is 0 Å². The maximum atomic E-state index is 13.8. The molecule has 0 bridgehead atoms. The monoisotopic (exact) mass is 306 g/mol. The van der Waals surface area contributed by atoms with E-state index in [4.69, 9.17) is 4.74 Å². The van der Waals surface area contributed by atoms with Gasteiger partial charge in [0.2, 0.25) is 0 Å². The van der Waals surface area contributed by atoms with Crippen LogP contribution in [-0.4, -0.2) is 12.6 Å². The molecule has 2 aromatic carbocycles. The minimum Gasteiger partial charge on any atom is -0.489 e. The van der Waals surface area contributed by atoms with Gasteiger partial charge in [-0.25, -0.2) is 4.79 Å². The van der Waals surface area contributed by atoms with E-state index in [1.54, 1.807) is 0 Å². The number of carbonyl (C=O) groups is 1. The van der Waals surface area contributed by atoms with Crippen LogP contribution in [0.1, 0.15) is 18.1 Å². The van der Waals surface area contributed by atoms with Gasteiger partial charge in [-0.1, -0.05) is 30.3 Å². The first-order chi connectivity index (χ1) is 10.5. The molecule has 0 atom stereocenters. The van der Waals surface area contributed by atoms with Crippen LogP contribution in [-0.2, 0) is 22.1 Å². The summed E-state index contributed by atoms with van der Waals surface area (Å²) in [5.41, 5.74) is 0.557. The van der Waals surface area contributed by atoms with E-state index in [0.717, 1.165) is 17.7 Å². The molecule has 0 radical (unpaired) electrons. The van der Waals surface area contributed by atoms with Crippen molar-refractivity contribution in [3.05, 3.63) is 65.7 Å². The number of carbonyl (C=O) groups excluding carboxylic acids is 1. The molecular formula is C17H16F2O3. The summed E-state index contributed by atoms with van der Waals surface area (Å²) in [5, 5.41) is 0. The van der Waals surface area contributed by atoms with Crippen molar-refractivity contribution < 1.29 is 23.0 Å². The largest absolute Gasteiger partial charge is 0.489 e. The van der Waals surface area contributed by atoms with Crippen LogP contribution in [0.15, 0.2) is 54.6 Å². The van der Waals surface area contributed by atoms with Crippen molar-refractivity contribution >= 4 is 5.97 Å². The Bertz CT molecular complexity index is 610.